The molecule has 1 amide bonds. The van der Waals surface area contributed by atoms with E-state index in [4.69, 9.17) is 5.73 Å². The summed E-state index contributed by atoms with van der Waals surface area (Å²) in [6.07, 6.45) is 0.949. The third-order valence-electron chi connectivity index (χ3n) is 3.16. The minimum absolute atomic E-state index is 0.0609. The number of hydrogen-bond donors (Lipinski definition) is 1. The molecule has 1 aromatic rings. The highest BCUT2D eigenvalue weighted by atomic mass is 19.1. The average Bonchev–Trinajstić information content (AvgIpc) is 2.35. The van der Waals surface area contributed by atoms with Gasteiger partial charge in [0.2, 0.25) is 5.91 Å². The Morgan fingerprint density at radius 1 is 1.42 bits per heavy atom. The smallest absolute Gasteiger partial charge is 0.222 e. The third-order valence-corrected chi connectivity index (χ3v) is 3.16. The average molecular weight is 266 g/mol. The minimum atomic E-state index is -0.262. The molecule has 19 heavy (non-hydrogen) atoms. The van der Waals surface area contributed by atoms with E-state index in [0.29, 0.717) is 25.9 Å². The Kier molecular flexibility index (Phi) is 5.48. The van der Waals surface area contributed by atoms with Crippen molar-refractivity contribution < 1.29 is 9.18 Å². The van der Waals surface area contributed by atoms with Crippen LogP contribution in [0.2, 0.25) is 0 Å². The molecule has 0 aliphatic rings. The number of halogens is 1. The summed E-state index contributed by atoms with van der Waals surface area (Å²) in [5, 5.41) is 0. The van der Waals surface area contributed by atoms with Gasteiger partial charge in [0.15, 0.2) is 0 Å². The summed E-state index contributed by atoms with van der Waals surface area (Å²) in [6, 6.07) is 6.37. The zero-order valence-electron chi connectivity index (χ0n) is 11.9. The Hall–Kier alpha value is -1.42. The number of hydrogen-bond acceptors (Lipinski definition) is 2. The van der Waals surface area contributed by atoms with Gasteiger partial charge >= 0.3 is 0 Å². The van der Waals surface area contributed by atoms with Crippen molar-refractivity contribution in [2.45, 2.75) is 26.7 Å². The summed E-state index contributed by atoms with van der Waals surface area (Å²) in [6.45, 7) is 5.23. The van der Waals surface area contributed by atoms with Crippen molar-refractivity contribution in [1.82, 2.24) is 4.90 Å². The minimum Gasteiger partial charge on any atom is -0.345 e. The van der Waals surface area contributed by atoms with Crippen LogP contribution in [0, 0.1) is 11.2 Å². The first kappa shape index (κ1) is 15.6. The van der Waals surface area contributed by atoms with Gasteiger partial charge in [-0.3, -0.25) is 4.79 Å². The summed E-state index contributed by atoms with van der Waals surface area (Å²) < 4.78 is 13.0. The lowest BCUT2D eigenvalue weighted by atomic mass is 9.93. The fourth-order valence-corrected chi connectivity index (χ4v) is 1.93. The first-order chi connectivity index (χ1) is 8.84. The van der Waals surface area contributed by atoms with Gasteiger partial charge in [0.1, 0.15) is 5.82 Å². The maximum absolute atomic E-state index is 13.0. The van der Waals surface area contributed by atoms with E-state index in [1.54, 1.807) is 18.0 Å². The Morgan fingerprint density at radius 3 is 2.68 bits per heavy atom. The molecule has 4 heteroatoms. The molecule has 3 nitrogen and oxygen atoms in total. The van der Waals surface area contributed by atoms with Gasteiger partial charge in [-0.2, -0.15) is 0 Å². The molecule has 106 valence electrons. The lowest BCUT2D eigenvalue weighted by molar-refractivity contribution is -0.131. The second-order valence-corrected chi connectivity index (χ2v) is 5.75. The van der Waals surface area contributed by atoms with Crippen LogP contribution >= 0.6 is 0 Å². The zero-order chi connectivity index (χ0) is 14.5. The highest BCUT2D eigenvalue weighted by molar-refractivity contribution is 5.76. The van der Waals surface area contributed by atoms with Gasteiger partial charge in [-0.1, -0.05) is 26.0 Å². The topological polar surface area (TPSA) is 46.3 Å². The summed E-state index contributed by atoms with van der Waals surface area (Å²) in [4.78, 5) is 13.7. The van der Waals surface area contributed by atoms with Crippen molar-refractivity contribution in [2.75, 3.05) is 20.1 Å². The molecule has 1 aromatic carbocycles. The fourth-order valence-electron chi connectivity index (χ4n) is 1.93. The van der Waals surface area contributed by atoms with Crippen molar-refractivity contribution >= 4 is 5.91 Å². The van der Waals surface area contributed by atoms with E-state index < -0.39 is 0 Å². The van der Waals surface area contributed by atoms with E-state index in [-0.39, 0.29) is 17.1 Å². The van der Waals surface area contributed by atoms with Crippen LogP contribution in [0.15, 0.2) is 24.3 Å². The monoisotopic (exact) mass is 266 g/mol. The molecule has 2 N–H and O–H groups in total. The van der Waals surface area contributed by atoms with Crippen molar-refractivity contribution in [3.8, 4) is 0 Å². The largest absolute Gasteiger partial charge is 0.345 e. The van der Waals surface area contributed by atoms with Crippen molar-refractivity contribution in [1.29, 1.82) is 0 Å². The van der Waals surface area contributed by atoms with Gasteiger partial charge in [-0.15, -0.1) is 0 Å². The Labute approximate surface area is 114 Å². The standard InChI is InChI=1S/C15H23FN2O/c1-15(2,10-17)11-18(3)14(19)8-7-12-5-4-6-13(16)9-12/h4-6,9H,7-8,10-11,17H2,1-3H3. The van der Waals surface area contributed by atoms with Crippen LogP contribution in [0.25, 0.3) is 0 Å². The van der Waals surface area contributed by atoms with E-state index in [2.05, 4.69) is 0 Å². The first-order valence-electron chi connectivity index (χ1n) is 6.52. The lowest BCUT2D eigenvalue weighted by Crippen LogP contribution is -2.39. The number of carbonyl (C=O) groups excluding carboxylic acids is 1. The number of amides is 1. The summed E-state index contributed by atoms with van der Waals surface area (Å²) in [5.41, 5.74) is 6.42. The van der Waals surface area contributed by atoms with E-state index >= 15 is 0 Å². The van der Waals surface area contributed by atoms with Crippen molar-refractivity contribution in [3.63, 3.8) is 0 Å². The molecule has 0 radical (unpaired) electrons. The van der Waals surface area contributed by atoms with Crippen LogP contribution in [0.1, 0.15) is 25.8 Å². The van der Waals surface area contributed by atoms with Crippen molar-refractivity contribution in [3.05, 3.63) is 35.6 Å². The first-order valence-corrected chi connectivity index (χ1v) is 6.52. The maximum Gasteiger partial charge on any atom is 0.222 e. The summed E-state index contributed by atoms with van der Waals surface area (Å²) >= 11 is 0. The van der Waals surface area contributed by atoms with E-state index in [1.807, 2.05) is 19.9 Å². The zero-order valence-corrected chi connectivity index (χ0v) is 11.9. The summed E-state index contributed by atoms with van der Waals surface area (Å²) in [5.74, 6) is -0.201. The van der Waals surface area contributed by atoms with Gasteiger partial charge in [-0.25, -0.2) is 4.39 Å². The Balaban J connectivity index is 2.47. The molecule has 0 fully saturated rings. The number of benzene rings is 1. The quantitative estimate of drug-likeness (QED) is 0.858. The van der Waals surface area contributed by atoms with Crippen LogP contribution in [0.3, 0.4) is 0 Å². The van der Waals surface area contributed by atoms with Crippen LogP contribution in [0.4, 0.5) is 4.39 Å². The number of nitrogens with zero attached hydrogens (tertiary/aromatic N) is 1. The predicted octanol–water partition coefficient (Wildman–Crippen LogP) is 2.20. The normalized spacial score (nSPS) is 11.4. The highest BCUT2D eigenvalue weighted by Gasteiger charge is 2.20. The maximum atomic E-state index is 13.0. The van der Waals surface area contributed by atoms with Crippen LogP contribution in [-0.2, 0) is 11.2 Å². The van der Waals surface area contributed by atoms with E-state index in [1.165, 1.54) is 12.1 Å². The second kappa shape index (κ2) is 6.66. The fraction of sp³-hybridized carbons (Fsp3) is 0.533. The van der Waals surface area contributed by atoms with E-state index in [9.17, 15) is 9.18 Å². The lowest BCUT2D eigenvalue weighted by Gasteiger charge is -2.29. The SMILES string of the molecule is CN(CC(C)(C)CN)C(=O)CCc1cccc(F)c1. The molecule has 0 unspecified atom stereocenters. The molecule has 1 rings (SSSR count). The Bertz CT molecular complexity index is 432. The molecule has 0 saturated heterocycles. The van der Waals surface area contributed by atoms with Gasteiger partial charge in [0.25, 0.3) is 0 Å². The molecule has 0 bridgehead atoms. The molecule has 0 aliphatic heterocycles. The molecule has 0 aliphatic carbocycles. The molecule has 0 aromatic heterocycles. The van der Waals surface area contributed by atoms with Crippen molar-refractivity contribution in [2.24, 2.45) is 11.1 Å². The van der Waals surface area contributed by atoms with Gasteiger partial charge in [-0.05, 0) is 36.1 Å². The second-order valence-electron chi connectivity index (χ2n) is 5.75. The number of carbonyl (C=O) groups is 1. The number of nitrogens with two attached hydrogens (primary N) is 1. The van der Waals surface area contributed by atoms with Gasteiger partial charge in [0, 0.05) is 20.0 Å². The third kappa shape index (κ3) is 5.39. The summed E-state index contributed by atoms with van der Waals surface area (Å²) in [7, 11) is 1.78. The molecule has 0 atom stereocenters. The molecule has 0 heterocycles. The van der Waals surface area contributed by atoms with Crippen LogP contribution in [0.5, 0.6) is 0 Å². The van der Waals surface area contributed by atoms with Gasteiger partial charge < -0.3 is 10.6 Å². The van der Waals surface area contributed by atoms with Gasteiger partial charge in [0.05, 0.1) is 0 Å². The molecule has 0 spiro atoms. The Morgan fingerprint density at radius 2 is 2.11 bits per heavy atom. The molecular weight excluding hydrogens is 243 g/mol. The predicted molar refractivity (Wildman–Crippen MR) is 75.2 cm³/mol. The molecule has 0 saturated carbocycles. The number of rotatable bonds is 6. The van der Waals surface area contributed by atoms with Crippen LogP contribution < -0.4 is 5.73 Å². The highest BCUT2D eigenvalue weighted by Crippen LogP contribution is 2.15. The van der Waals surface area contributed by atoms with Crippen LogP contribution in [-0.4, -0.2) is 30.9 Å². The van der Waals surface area contributed by atoms with E-state index in [0.717, 1.165) is 5.56 Å². The number of aryl methyl sites for hydroxylation is 1. The molecular formula is C15H23FN2O.